The quantitative estimate of drug-likeness (QED) is 0.721. The number of ketones is 1. The normalized spacial score (nSPS) is 10.3. The number of rotatable bonds is 6. The van der Waals surface area contributed by atoms with Gasteiger partial charge in [0.05, 0.1) is 9.35 Å². The smallest absolute Gasteiger partial charge is 0.349 e. The highest BCUT2D eigenvalue weighted by molar-refractivity contribution is 9.10. The molecule has 0 unspecified atom stereocenters. The summed E-state index contributed by atoms with van der Waals surface area (Å²) in [6.07, 6.45) is 0. The number of hydrogen-bond donors (Lipinski definition) is 2. The van der Waals surface area contributed by atoms with Gasteiger partial charge in [-0.1, -0.05) is 24.3 Å². The fourth-order valence-electron chi connectivity index (χ4n) is 1.84. The van der Waals surface area contributed by atoms with E-state index in [-0.39, 0.29) is 16.4 Å². The van der Waals surface area contributed by atoms with Crippen molar-refractivity contribution in [1.29, 1.82) is 0 Å². The number of carboxylic acids is 2. The Labute approximate surface area is 143 Å². The van der Waals surface area contributed by atoms with Crippen molar-refractivity contribution in [3.63, 3.8) is 0 Å². The van der Waals surface area contributed by atoms with Crippen molar-refractivity contribution in [2.24, 2.45) is 0 Å². The molecule has 0 amide bonds. The third-order valence-corrected chi connectivity index (χ3v) is 5.12. The maximum Gasteiger partial charge on any atom is 0.349 e. The Morgan fingerprint density at radius 2 is 1.78 bits per heavy atom. The van der Waals surface area contributed by atoms with Crippen molar-refractivity contribution in [3.8, 4) is 16.2 Å². The van der Waals surface area contributed by atoms with Crippen LogP contribution in [0.5, 0.6) is 5.75 Å². The summed E-state index contributed by atoms with van der Waals surface area (Å²) >= 11 is 4.23. The van der Waals surface area contributed by atoms with Gasteiger partial charge < -0.3 is 14.9 Å². The molecule has 1 aromatic heterocycles. The number of ether oxygens (including phenoxy) is 1. The van der Waals surface area contributed by atoms with Crippen molar-refractivity contribution in [3.05, 3.63) is 39.2 Å². The minimum absolute atomic E-state index is 0.0180. The molecule has 8 heteroatoms. The third kappa shape index (κ3) is 3.77. The Hall–Kier alpha value is -2.19. The molecule has 0 saturated carbocycles. The van der Waals surface area contributed by atoms with Crippen LogP contribution in [0.15, 0.2) is 28.7 Å². The number of Topliss-reactive ketones (excluding diaryl/α,β-unsaturated/α-hetero) is 1. The van der Waals surface area contributed by atoms with Gasteiger partial charge in [0.1, 0.15) is 0 Å². The number of aromatic carboxylic acids is 1. The van der Waals surface area contributed by atoms with E-state index in [0.717, 1.165) is 11.3 Å². The molecule has 1 heterocycles. The maximum atomic E-state index is 11.3. The van der Waals surface area contributed by atoms with Crippen LogP contribution in [0.1, 0.15) is 27.0 Å². The van der Waals surface area contributed by atoms with Gasteiger partial charge in [-0.05, 0) is 28.4 Å². The Bertz CT molecular complexity index is 778. The monoisotopic (exact) mass is 398 g/mol. The summed E-state index contributed by atoms with van der Waals surface area (Å²) in [4.78, 5) is 33.7. The van der Waals surface area contributed by atoms with Crippen LogP contribution in [-0.4, -0.2) is 34.5 Å². The fourth-order valence-corrected chi connectivity index (χ4v) is 3.74. The van der Waals surface area contributed by atoms with Gasteiger partial charge in [0.25, 0.3) is 0 Å². The molecule has 0 aliphatic carbocycles. The molecule has 0 bridgehead atoms. The van der Waals surface area contributed by atoms with E-state index in [0.29, 0.717) is 20.5 Å². The lowest BCUT2D eigenvalue weighted by molar-refractivity contribution is -0.139. The lowest BCUT2D eigenvalue weighted by Crippen LogP contribution is -2.11. The van der Waals surface area contributed by atoms with Crippen LogP contribution in [0.3, 0.4) is 0 Å². The number of thiophene rings is 1. The van der Waals surface area contributed by atoms with Gasteiger partial charge >= 0.3 is 11.9 Å². The highest BCUT2D eigenvalue weighted by Crippen LogP contribution is 2.45. The standard InChI is InChI=1S/C15H11BrO6S/c1-7(17)8-2-4-9(5-3-8)13-11(16)12(22-6-10(18)19)14(23-13)15(20)21/h2-5H,6H2,1H3,(H,18,19)(H,20,21). The molecule has 0 aliphatic heterocycles. The van der Waals surface area contributed by atoms with Gasteiger partial charge in [-0.3, -0.25) is 4.79 Å². The van der Waals surface area contributed by atoms with Crippen molar-refractivity contribution in [2.75, 3.05) is 6.61 Å². The molecule has 6 nitrogen and oxygen atoms in total. The van der Waals surface area contributed by atoms with Gasteiger partial charge in [-0.25, -0.2) is 9.59 Å². The number of aliphatic carboxylic acids is 1. The predicted octanol–water partition coefficient (Wildman–Crippen LogP) is 3.54. The first-order valence-electron chi connectivity index (χ1n) is 6.32. The van der Waals surface area contributed by atoms with Crippen molar-refractivity contribution in [2.45, 2.75) is 6.92 Å². The largest absolute Gasteiger partial charge is 0.479 e. The zero-order valence-corrected chi connectivity index (χ0v) is 14.2. The molecule has 0 spiro atoms. The summed E-state index contributed by atoms with van der Waals surface area (Å²) in [7, 11) is 0. The number of carbonyl (C=O) groups excluding carboxylic acids is 1. The zero-order valence-electron chi connectivity index (χ0n) is 11.8. The molecular weight excluding hydrogens is 388 g/mol. The van der Waals surface area contributed by atoms with Crippen molar-refractivity contribution in [1.82, 2.24) is 0 Å². The van der Waals surface area contributed by atoms with E-state index >= 15 is 0 Å². The van der Waals surface area contributed by atoms with E-state index < -0.39 is 18.5 Å². The first kappa shape index (κ1) is 17.2. The molecule has 0 saturated heterocycles. The predicted molar refractivity (Wildman–Crippen MR) is 87.5 cm³/mol. The minimum Gasteiger partial charge on any atom is -0.479 e. The number of carboxylic acid groups (broad SMARTS) is 2. The summed E-state index contributed by atoms with van der Waals surface area (Å²) in [5.74, 6) is -2.50. The van der Waals surface area contributed by atoms with Crippen molar-refractivity contribution >= 4 is 45.0 Å². The third-order valence-electron chi connectivity index (χ3n) is 2.90. The van der Waals surface area contributed by atoms with Gasteiger partial charge in [0.15, 0.2) is 23.0 Å². The maximum absolute atomic E-state index is 11.3. The Morgan fingerprint density at radius 1 is 1.17 bits per heavy atom. The van der Waals surface area contributed by atoms with Crippen LogP contribution in [0.25, 0.3) is 10.4 Å². The van der Waals surface area contributed by atoms with Crippen LogP contribution < -0.4 is 4.74 Å². The Balaban J connectivity index is 2.46. The minimum atomic E-state index is -1.21. The molecule has 0 atom stereocenters. The molecule has 0 aliphatic rings. The van der Waals surface area contributed by atoms with E-state index in [4.69, 9.17) is 9.84 Å². The SMILES string of the molecule is CC(=O)c1ccc(-c2sc(C(=O)O)c(OCC(=O)O)c2Br)cc1. The lowest BCUT2D eigenvalue weighted by atomic mass is 10.1. The highest BCUT2D eigenvalue weighted by Gasteiger charge is 2.24. The number of benzene rings is 1. The molecule has 1 aromatic carbocycles. The first-order valence-corrected chi connectivity index (χ1v) is 7.93. The van der Waals surface area contributed by atoms with Gasteiger partial charge in [0, 0.05) is 5.56 Å². The van der Waals surface area contributed by atoms with E-state index in [9.17, 15) is 19.5 Å². The summed E-state index contributed by atoms with van der Waals surface area (Å²) < 4.78 is 5.46. The molecule has 2 rings (SSSR count). The Morgan fingerprint density at radius 3 is 2.26 bits per heavy atom. The van der Waals surface area contributed by atoms with Crippen LogP contribution in [0, 0.1) is 0 Å². The molecule has 0 radical (unpaired) electrons. The van der Waals surface area contributed by atoms with Crippen LogP contribution in [0.2, 0.25) is 0 Å². The van der Waals surface area contributed by atoms with Gasteiger partial charge in [-0.15, -0.1) is 11.3 Å². The number of hydrogen-bond acceptors (Lipinski definition) is 5. The average Bonchev–Trinajstić information content (AvgIpc) is 2.82. The zero-order chi connectivity index (χ0) is 17.1. The summed E-state index contributed by atoms with van der Waals surface area (Å²) in [6.45, 7) is 0.814. The second kappa shape index (κ2) is 6.93. The molecule has 0 fully saturated rings. The van der Waals surface area contributed by atoms with Gasteiger partial charge in [-0.2, -0.15) is 0 Å². The molecule has 23 heavy (non-hydrogen) atoms. The Kier molecular flexibility index (Phi) is 5.17. The molecule has 2 aromatic rings. The first-order chi connectivity index (χ1) is 10.8. The molecule has 120 valence electrons. The van der Waals surface area contributed by atoms with E-state index in [1.165, 1.54) is 6.92 Å². The lowest BCUT2D eigenvalue weighted by Gasteiger charge is -2.04. The van der Waals surface area contributed by atoms with Gasteiger partial charge in [0.2, 0.25) is 0 Å². The molecule has 2 N–H and O–H groups in total. The summed E-state index contributed by atoms with van der Waals surface area (Å²) in [6, 6.07) is 6.67. The fraction of sp³-hybridized carbons (Fsp3) is 0.133. The number of carbonyl (C=O) groups is 3. The summed E-state index contributed by atoms with van der Waals surface area (Å²) in [5, 5.41) is 17.9. The summed E-state index contributed by atoms with van der Waals surface area (Å²) in [5.41, 5.74) is 1.24. The second-order valence-electron chi connectivity index (χ2n) is 4.52. The van der Waals surface area contributed by atoms with E-state index in [1.54, 1.807) is 24.3 Å². The van der Waals surface area contributed by atoms with Crippen LogP contribution >= 0.6 is 27.3 Å². The van der Waals surface area contributed by atoms with Crippen molar-refractivity contribution < 1.29 is 29.3 Å². The average molecular weight is 399 g/mol. The molecular formula is C15H11BrO6S. The van der Waals surface area contributed by atoms with Crippen LogP contribution in [-0.2, 0) is 4.79 Å². The topological polar surface area (TPSA) is 101 Å². The van der Waals surface area contributed by atoms with Crippen LogP contribution in [0.4, 0.5) is 0 Å². The second-order valence-corrected chi connectivity index (χ2v) is 6.34. The van der Waals surface area contributed by atoms with E-state index in [1.807, 2.05) is 0 Å². The number of halogens is 1. The van der Waals surface area contributed by atoms with E-state index in [2.05, 4.69) is 15.9 Å². The highest BCUT2D eigenvalue weighted by atomic mass is 79.9.